The SMILES string of the molecule is CCCCc1ccccn1.O=S(=O)(O)C(F)(F)F. The highest BCUT2D eigenvalue weighted by Gasteiger charge is 2.44. The van der Waals surface area contributed by atoms with E-state index in [4.69, 9.17) is 13.0 Å². The molecule has 0 amide bonds. The summed E-state index contributed by atoms with van der Waals surface area (Å²) in [6, 6.07) is 6.07. The van der Waals surface area contributed by atoms with Crippen LogP contribution in [-0.2, 0) is 16.5 Å². The van der Waals surface area contributed by atoms with Gasteiger partial charge in [-0.1, -0.05) is 19.4 Å². The maximum Gasteiger partial charge on any atom is 0.522 e. The largest absolute Gasteiger partial charge is 0.522 e. The molecule has 0 saturated carbocycles. The van der Waals surface area contributed by atoms with Crippen molar-refractivity contribution >= 4 is 10.1 Å². The molecule has 0 aliphatic carbocycles. The van der Waals surface area contributed by atoms with E-state index in [1.807, 2.05) is 18.3 Å². The van der Waals surface area contributed by atoms with Crippen molar-refractivity contribution in [3.05, 3.63) is 30.1 Å². The summed E-state index contributed by atoms with van der Waals surface area (Å²) in [6.07, 6.45) is 5.47. The van der Waals surface area contributed by atoms with E-state index in [0.29, 0.717) is 0 Å². The minimum Gasteiger partial charge on any atom is -0.279 e. The first-order chi connectivity index (χ1) is 8.18. The maximum atomic E-state index is 10.7. The van der Waals surface area contributed by atoms with Gasteiger partial charge in [0.2, 0.25) is 0 Å². The van der Waals surface area contributed by atoms with Crippen LogP contribution in [0.3, 0.4) is 0 Å². The lowest BCUT2D eigenvalue weighted by Gasteiger charge is -1.97. The van der Waals surface area contributed by atoms with Crippen molar-refractivity contribution in [3.8, 4) is 0 Å². The number of rotatable bonds is 3. The molecule has 0 bridgehead atoms. The Hall–Kier alpha value is -1.15. The first kappa shape index (κ1) is 16.9. The van der Waals surface area contributed by atoms with Crippen molar-refractivity contribution in [2.24, 2.45) is 0 Å². The number of halogens is 3. The van der Waals surface area contributed by atoms with Gasteiger partial charge in [-0.25, -0.2) is 0 Å². The van der Waals surface area contributed by atoms with E-state index in [0.717, 1.165) is 6.42 Å². The van der Waals surface area contributed by atoms with Gasteiger partial charge >= 0.3 is 15.6 Å². The fourth-order valence-corrected chi connectivity index (χ4v) is 0.904. The maximum absolute atomic E-state index is 10.7. The number of unbranched alkanes of at least 4 members (excludes halogenated alkanes) is 1. The van der Waals surface area contributed by atoms with Gasteiger partial charge in [-0.3, -0.25) is 9.54 Å². The molecule has 104 valence electrons. The Kier molecular flexibility index (Phi) is 6.85. The van der Waals surface area contributed by atoms with Crippen LogP contribution in [0.1, 0.15) is 25.5 Å². The van der Waals surface area contributed by atoms with Crippen LogP contribution < -0.4 is 0 Å². The topological polar surface area (TPSA) is 67.3 Å². The summed E-state index contributed by atoms with van der Waals surface area (Å²) >= 11 is 0. The Morgan fingerprint density at radius 3 is 2.22 bits per heavy atom. The lowest BCUT2D eigenvalue weighted by molar-refractivity contribution is -0.0510. The van der Waals surface area contributed by atoms with Crippen LogP contribution in [0.5, 0.6) is 0 Å². The zero-order valence-electron chi connectivity index (χ0n) is 9.68. The van der Waals surface area contributed by atoms with Crippen LogP contribution in [0.4, 0.5) is 13.2 Å². The van der Waals surface area contributed by atoms with Gasteiger partial charge in [0.05, 0.1) is 0 Å². The third-order valence-electron chi connectivity index (χ3n) is 1.81. The standard InChI is InChI=1S/C9H13N.CHF3O3S/c1-2-3-6-9-7-4-5-8-10-9;2-1(3,4)8(5,6)7/h4-5,7-8H,2-3,6H2,1H3;(H,5,6,7). The Labute approximate surface area is 104 Å². The third-order valence-corrected chi connectivity index (χ3v) is 2.39. The highest BCUT2D eigenvalue weighted by Crippen LogP contribution is 2.20. The van der Waals surface area contributed by atoms with E-state index in [1.54, 1.807) is 0 Å². The van der Waals surface area contributed by atoms with Gasteiger partial charge in [0, 0.05) is 11.9 Å². The van der Waals surface area contributed by atoms with Gasteiger partial charge in [0.15, 0.2) is 0 Å². The normalized spacial score (nSPS) is 11.6. The molecule has 0 spiro atoms. The highest BCUT2D eigenvalue weighted by molar-refractivity contribution is 7.86. The molecule has 1 aromatic heterocycles. The van der Waals surface area contributed by atoms with E-state index < -0.39 is 15.6 Å². The predicted octanol–water partition coefficient (Wildman–Crippen LogP) is 2.82. The molecule has 0 aliphatic rings. The molecular formula is C10H14F3NO3S. The lowest BCUT2D eigenvalue weighted by Crippen LogP contribution is -2.21. The number of pyridine rings is 1. The van der Waals surface area contributed by atoms with Crippen LogP contribution >= 0.6 is 0 Å². The molecule has 0 saturated heterocycles. The minimum atomic E-state index is -5.84. The number of aryl methyl sites for hydroxylation is 1. The third kappa shape index (κ3) is 7.23. The van der Waals surface area contributed by atoms with Gasteiger partial charge < -0.3 is 0 Å². The summed E-state index contributed by atoms with van der Waals surface area (Å²) in [5.74, 6) is 0. The van der Waals surface area contributed by atoms with Gasteiger partial charge in [-0.2, -0.15) is 21.6 Å². The van der Waals surface area contributed by atoms with Crippen LogP contribution in [0, 0.1) is 0 Å². The predicted molar refractivity (Wildman–Crippen MR) is 60.5 cm³/mol. The highest BCUT2D eigenvalue weighted by atomic mass is 32.2. The molecule has 0 radical (unpaired) electrons. The Balaban J connectivity index is 0.000000331. The second-order valence-electron chi connectivity index (χ2n) is 3.35. The van der Waals surface area contributed by atoms with Crippen LogP contribution in [0.15, 0.2) is 24.4 Å². The molecule has 0 unspecified atom stereocenters. The molecule has 1 N–H and O–H groups in total. The second-order valence-corrected chi connectivity index (χ2v) is 4.76. The van der Waals surface area contributed by atoms with E-state index in [2.05, 4.69) is 18.0 Å². The summed E-state index contributed by atoms with van der Waals surface area (Å²) < 4.78 is 57.5. The van der Waals surface area contributed by atoms with Crippen molar-refractivity contribution in [1.82, 2.24) is 4.98 Å². The molecule has 1 heterocycles. The molecule has 0 atom stereocenters. The van der Waals surface area contributed by atoms with Crippen LogP contribution in [0.2, 0.25) is 0 Å². The average Bonchev–Trinajstić information content (AvgIpc) is 2.26. The molecule has 0 fully saturated rings. The molecule has 1 rings (SSSR count). The number of alkyl halides is 3. The number of hydrogen-bond donors (Lipinski definition) is 1. The van der Waals surface area contributed by atoms with Gasteiger partial charge in [0.25, 0.3) is 0 Å². The van der Waals surface area contributed by atoms with E-state index in [1.165, 1.54) is 18.5 Å². The Bertz CT molecular complexity index is 431. The zero-order valence-corrected chi connectivity index (χ0v) is 10.5. The summed E-state index contributed by atoms with van der Waals surface area (Å²) in [7, 11) is -5.84. The Morgan fingerprint density at radius 1 is 1.33 bits per heavy atom. The fourth-order valence-electron chi connectivity index (χ4n) is 0.904. The zero-order chi connectivity index (χ0) is 14.2. The number of nitrogens with zero attached hydrogens (tertiary/aromatic N) is 1. The quantitative estimate of drug-likeness (QED) is 0.685. The van der Waals surface area contributed by atoms with Crippen molar-refractivity contribution in [2.45, 2.75) is 31.7 Å². The average molecular weight is 285 g/mol. The molecule has 1 aromatic rings. The first-order valence-corrected chi connectivity index (χ1v) is 6.56. The molecule has 4 nitrogen and oxygen atoms in total. The van der Waals surface area contributed by atoms with E-state index >= 15 is 0 Å². The van der Waals surface area contributed by atoms with E-state index in [-0.39, 0.29) is 0 Å². The van der Waals surface area contributed by atoms with Crippen molar-refractivity contribution in [1.29, 1.82) is 0 Å². The van der Waals surface area contributed by atoms with Crippen LogP contribution in [-0.4, -0.2) is 23.5 Å². The smallest absolute Gasteiger partial charge is 0.279 e. The molecule has 18 heavy (non-hydrogen) atoms. The minimum absolute atomic E-state index is 1.12. The van der Waals surface area contributed by atoms with Crippen molar-refractivity contribution in [3.63, 3.8) is 0 Å². The van der Waals surface area contributed by atoms with Gasteiger partial charge in [0.1, 0.15) is 0 Å². The molecule has 8 heteroatoms. The van der Waals surface area contributed by atoms with Crippen molar-refractivity contribution < 1.29 is 26.1 Å². The molecule has 0 aliphatic heterocycles. The molecule has 0 aromatic carbocycles. The summed E-state index contributed by atoms with van der Waals surface area (Å²) in [5.41, 5.74) is -4.32. The molecular weight excluding hydrogens is 271 g/mol. The summed E-state index contributed by atoms with van der Waals surface area (Å²) in [4.78, 5) is 4.22. The van der Waals surface area contributed by atoms with Gasteiger partial charge in [-0.05, 0) is 25.0 Å². The fraction of sp³-hybridized carbons (Fsp3) is 0.500. The number of aromatic nitrogens is 1. The second kappa shape index (κ2) is 7.32. The van der Waals surface area contributed by atoms with E-state index in [9.17, 15) is 13.2 Å². The summed E-state index contributed by atoms with van der Waals surface area (Å²) in [5, 5.41) is 0. The lowest BCUT2D eigenvalue weighted by atomic mass is 10.2. The number of hydrogen-bond acceptors (Lipinski definition) is 3. The monoisotopic (exact) mass is 285 g/mol. The van der Waals surface area contributed by atoms with Crippen LogP contribution in [0.25, 0.3) is 0 Å². The van der Waals surface area contributed by atoms with Crippen molar-refractivity contribution in [2.75, 3.05) is 0 Å². The first-order valence-electron chi connectivity index (χ1n) is 5.12. The van der Waals surface area contributed by atoms with Gasteiger partial charge in [-0.15, -0.1) is 0 Å². The summed E-state index contributed by atoms with van der Waals surface area (Å²) in [6.45, 7) is 2.20. The Morgan fingerprint density at radius 2 is 1.89 bits per heavy atom.